The molecule has 0 bridgehead atoms. The molecule has 0 saturated carbocycles. The van der Waals surface area contributed by atoms with Gasteiger partial charge < -0.3 is 5.32 Å². The van der Waals surface area contributed by atoms with Crippen molar-refractivity contribution in [2.45, 2.75) is 19.4 Å². The molecule has 2 aromatic rings. The van der Waals surface area contributed by atoms with Crippen molar-refractivity contribution in [2.24, 2.45) is 7.05 Å². The van der Waals surface area contributed by atoms with E-state index in [1.165, 1.54) is 14.2 Å². The molecule has 1 atom stereocenters. The summed E-state index contributed by atoms with van der Waals surface area (Å²) in [5.74, 6) is 0.992. The Morgan fingerprint density at radius 1 is 1.59 bits per heavy atom. The first-order valence-electron chi connectivity index (χ1n) is 5.37. The van der Waals surface area contributed by atoms with Crippen LogP contribution in [0.5, 0.6) is 0 Å². The Morgan fingerprint density at radius 3 is 2.82 bits per heavy atom. The molecule has 0 aliphatic heterocycles. The fourth-order valence-electron chi connectivity index (χ4n) is 1.69. The van der Waals surface area contributed by atoms with Gasteiger partial charge in [-0.2, -0.15) is 5.10 Å². The number of nitrogens with zero attached hydrogens (tertiary/aromatic N) is 3. The van der Waals surface area contributed by atoms with Crippen LogP contribution in [0.25, 0.3) is 0 Å². The molecule has 17 heavy (non-hydrogen) atoms. The van der Waals surface area contributed by atoms with Crippen LogP contribution in [0.1, 0.15) is 22.3 Å². The van der Waals surface area contributed by atoms with Crippen molar-refractivity contribution >= 4 is 27.3 Å². The Kier molecular flexibility index (Phi) is 3.96. The molecular weight excluding hydrogens is 300 g/mol. The lowest BCUT2D eigenvalue weighted by atomic mass is 10.1. The van der Waals surface area contributed by atoms with Gasteiger partial charge in [0.1, 0.15) is 12.2 Å². The number of nitrogens with one attached hydrogen (secondary N) is 1. The molecule has 1 unspecified atom stereocenters. The normalized spacial score (nSPS) is 12.9. The monoisotopic (exact) mass is 314 g/mol. The lowest BCUT2D eigenvalue weighted by molar-refractivity contribution is 0.560. The fourth-order valence-corrected chi connectivity index (χ4v) is 3.37. The Balaban J connectivity index is 2.20. The zero-order valence-electron chi connectivity index (χ0n) is 10.1. The highest BCUT2D eigenvalue weighted by Crippen LogP contribution is 2.32. The van der Waals surface area contributed by atoms with Crippen LogP contribution in [-0.4, -0.2) is 21.8 Å². The minimum absolute atomic E-state index is 0.285. The van der Waals surface area contributed by atoms with E-state index < -0.39 is 0 Å². The molecule has 2 heterocycles. The summed E-state index contributed by atoms with van der Waals surface area (Å²) in [5.41, 5.74) is 1.28. The maximum atomic E-state index is 4.26. The molecule has 0 radical (unpaired) electrons. The second-order valence-corrected chi connectivity index (χ2v) is 6.35. The lowest BCUT2D eigenvalue weighted by Crippen LogP contribution is -2.19. The number of hydrogen-bond donors (Lipinski definition) is 1. The van der Waals surface area contributed by atoms with E-state index in [4.69, 9.17) is 0 Å². The van der Waals surface area contributed by atoms with Crippen LogP contribution in [0.4, 0.5) is 0 Å². The molecule has 2 rings (SSSR count). The third-order valence-corrected chi connectivity index (χ3v) is 5.01. The van der Waals surface area contributed by atoms with Gasteiger partial charge in [-0.15, -0.1) is 11.3 Å². The summed E-state index contributed by atoms with van der Waals surface area (Å²) in [6.45, 7) is 2.11. The van der Waals surface area contributed by atoms with Gasteiger partial charge in [-0.3, -0.25) is 4.68 Å². The van der Waals surface area contributed by atoms with E-state index >= 15 is 0 Å². The number of thiophene rings is 1. The zero-order chi connectivity index (χ0) is 12.4. The molecule has 0 aliphatic rings. The van der Waals surface area contributed by atoms with Crippen LogP contribution >= 0.6 is 27.3 Å². The maximum Gasteiger partial charge on any atom is 0.138 e. The van der Waals surface area contributed by atoms with Gasteiger partial charge >= 0.3 is 0 Å². The topological polar surface area (TPSA) is 42.7 Å². The van der Waals surface area contributed by atoms with Crippen LogP contribution < -0.4 is 5.32 Å². The highest BCUT2D eigenvalue weighted by Gasteiger charge is 2.16. The van der Waals surface area contributed by atoms with Gasteiger partial charge in [-0.25, -0.2) is 4.98 Å². The van der Waals surface area contributed by atoms with Crippen molar-refractivity contribution in [3.05, 3.63) is 32.4 Å². The first-order chi connectivity index (χ1) is 8.11. The molecular formula is C11H15BrN4S. The molecule has 0 spiro atoms. The van der Waals surface area contributed by atoms with Crippen molar-refractivity contribution < 1.29 is 0 Å². The van der Waals surface area contributed by atoms with E-state index in [9.17, 15) is 0 Å². The van der Waals surface area contributed by atoms with E-state index in [-0.39, 0.29) is 6.04 Å². The van der Waals surface area contributed by atoms with Gasteiger partial charge in [0.15, 0.2) is 0 Å². The fraction of sp³-hybridized carbons (Fsp3) is 0.455. The largest absolute Gasteiger partial charge is 0.312 e. The second kappa shape index (κ2) is 5.29. The van der Waals surface area contributed by atoms with Crippen LogP contribution in [0.2, 0.25) is 0 Å². The molecule has 6 heteroatoms. The Labute approximate surface area is 113 Å². The predicted molar refractivity (Wildman–Crippen MR) is 73.3 cm³/mol. The van der Waals surface area contributed by atoms with Crippen LogP contribution in [0, 0.1) is 6.92 Å². The molecule has 0 saturated heterocycles. The number of aryl methyl sites for hydroxylation is 2. The molecule has 0 fully saturated rings. The molecule has 4 nitrogen and oxygen atoms in total. The minimum atomic E-state index is 0.285. The van der Waals surface area contributed by atoms with Gasteiger partial charge in [0.2, 0.25) is 0 Å². The molecule has 92 valence electrons. The second-order valence-electron chi connectivity index (χ2n) is 3.95. The van der Waals surface area contributed by atoms with Gasteiger partial charge in [0.05, 0.1) is 3.79 Å². The van der Waals surface area contributed by atoms with E-state index in [1.54, 1.807) is 17.7 Å². The minimum Gasteiger partial charge on any atom is -0.312 e. The first kappa shape index (κ1) is 12.7. The lowest BCUT2D eigenvalue weighted by Gasteiger charge is -2.13. The van der Waals surface area contributed by atoms with Gasteiger partial charge in [0.25, 0.3) is 0 Å². The van der Waals surface area contributed by atoms with Crippen molar-refractivity contribution in [1.82, 2.24) is 20.1 Å². The maximum absolute atomic E-state index is 4.26. The van der Waals surface area contributed by atoms with E-state index in [1.807, 2.05) is 18.8 Å². The Hall–Kier alpha value is -0.720. The molecule has 0 aliphatic carbocycles. The van der Waals surface area contributed by atoms with Crippen molar-refractivity contribution in [1.29, 1.82) is 0 Å². The van der Waals surface area contributed by atoms with E-state index in [0.29, 0.717) is 0 Å². The summed E-state index contributed by atoms with van der Waals surface area (Å²) < 4.78 is 3.02. The molecule has 0 aromatic carbocycles. The third kappa shape index (κ3) is 2.75. The molecule has 1 N–H and O–H groups in total. The summed E-state index contributed by atoms with van der Waals surface area (Å²) in [6.07, 6.45) is 2.44. The van der Waals surface area contributed by atoms with Crippen molar-refractivity contribution in [3.63, 3.8) is 0 Å². The summed E-state index contributed by atoms with van der Waals surface area (Å²) in [7, 11) is 3.90. The van der Waals surface area contributed by atoms with Crippen molar-refractivity contribution in [2.75, 3.05) is 7.05 Å². The van der Waals surface area contributed by atoms with Gasteiger partial charge in [-0.05, 0) is 41.5 Å². The summed E-state index contributed by atoms with van der Waals surface area (Å²) in [4.78, 5) is 5.58. The number of likely N-dealkylation sites (N-methyl/N-ethyl adjacent to an activating group) is 1. The summed E-state index contributed by atoms with van der Waals surface area (Å²) in [5, 5.41) is 7.43. The van der Waals surface area contributed by atoms with Crippen molar-refractivity contribution in [3.8, 4) is 0 Å². The number of aromatic nitrogens is 3. The van der Waals surface area contributed by atoms with Gasteiger partial charge in [0, 0.05) is 24.4 Å². The average Bonchev–Trinajstić information content (AvgIpc) is 2.83. The highest BCUT2D eigenvalue weighted by atomic mass is 79.9. The van der Waals surface area contributed by atoms with Gasteiger partial charge in [-0.1, -0.05) is 0 Å². The highest BCUT2D eigenvalue weighted by molar-refractivity contribution is 9.11. The number of halogens is 1. The van der Waals surface area contributed by atoms with Crippen LogP contribution in [0.3, 0.4) is 0 Å². The smallest absolute Gasteiger partial charge is 0.138 e. The first-order valence-corrected chi connectivity index (χ1v) is 6.98. The Morgan fingerprint density at radius 2 is 2.35 bits per heavy atom. The number of rotatable bonds is 4. The standard InChI is InChI=1S/C11H15BrN4S/c1-7-4-9(17-11(7)12)8(13-2)5-10-14-6-15-16(10)3/h4,6,8,13H,5H2,1-3H3. The summed E-state index contributed by atoms with van der Waals surface area (Å²) in [6, 6.07) is 2.50. The molecule has 0 amide bonds. The van der Waals surface area contributed by atoms with Crippen LogP contribution in [0.15, 0.2) is 16.2 Å². The molecule has 2 aromatic heterocycles. The SMILES string of the molecule is CNC(Cc1ncnn1C)c1cc(C)c(Br)s1. The van der Waals surface area contributed by atoms with E-state index in [2.05, 4.69) is 44.3 Å². The quantitative estimate of drug-likeness (QED) is 0.942. The third-order valence-electron chi connectivity index (χ3n) is 2.76. The number of hydrogen-bond acceptors (Lipinski definition) is 4. The predicted octanol–water partition coefficient (Wildman–Crippen LogP) is 2.45. The zero-order valence-corrected chi connectivity index (χ0v) is 12.5. The average molecular weight is 315 g/mol. The van der Waals surface area contributed by atoms with E-state index in [0.717, 1.165) is 12.2 Å². The van der Waals surface area contributed by atoms with Crippen LogP contribution in [-0.2, 0) is 13.5 Å². The Bertz CT molecular complexity index is 486. The summed E-state index contributed by atoms with van der Waals surface area (Å²) >= 11 is 5.33.